The number of nitrogens with zero attached hydrogens (tertiary/aromatic N) is 1. The van der Waals surface area contributed by atoms with Gasteiger partial charge >= 0.3 is 5.97 Å². The monoisotopic (exact) mass is 308 g/mol. The van der Waals surface area contributed by atoms with E-state index in [4.69, 9.17) is 0 Å². The van der Waals surface area contributed by atoms with Crippen LogP contribution in [0.3, 0.4) is 0 Å². The molecule has 0 radical (unpaired) electrons. The normalized spacial score (nSPS) is 11.5. The van der Waals surface area contributed by atoms with Crippen molar-refractivity contribution in [3.63, 3.8) is 0 Å². The molecule has 0 saturated heterocycles. The van der Waals surface area contributed by atoms with Crippen molar-refractivity contribution in [2.75, 3.05) is 7.11 Å². The number of H-pyrrole nitrogens is 1. The van der Waals surface area contributed by atoms with Gasteiger partial charge in [0, 0.05) is 5.41 Å². The van der Waals surface area contributed by atoms with E-state index in [0.717, 1.165) is 9.53 Å². The highest BCUT2D eigenvalue weighted by Crippen LogP contribution is 2.21. The standard InChI is InChI=1S/C9H13IN2O2/c1-9(2,3)8-11-5(6(10)12-8)7(13)14-4/h1-4H3,(H,11,12). The average Bonchev–Trinajstić information content (AvgIpc) is 2.45. The third-order valence-corrected chi connectivity index (χ3v) is 2.53. The molecule has 0 spiro atoms. The second-order valence-corrected chi connectivity index (χ2v) is 5.07. The molecule has 0 amide bonds. The van der Waals surface area contributed by atoms with Gasteiger partial charge in [0.05, 0.1) is 7.11 Å². The minimum atomic E-state index is -0.402. The first-order valence-electron chi connectivity index (χ1n) is 4.20. The summed E-state index contributed by atoms with van der Waals surface area (Å²) in [5, 5.41) is 0. The first-order chi connectivity index (χ1) is 6.36. The number of rotatable bonds is 1. The topological polar surface area (TPSA) is 55.0 Å². The number of aromatic amines is 1. The lowest BCUT2D eigenvalue weighted by atomic mass is 9.96. The number of nitrogens with one attached hydrogen (secondary N) is 1. The quantitative estimate of drug-likeness (QED) is 0.638. The van der Waals surface area contributed by atoms with Crippen molar-refractivity contribution in [1.82, 2.24) is 9.97 Å². The van der Waals surface area contributed by atoms with Crippen molar-refractivity contribution < 1.29 is 9.53 Å². The van der Waals surface area contributed by atoms with E-state index in [1.165, 1.54) is 7.11 Å². The lowest BCUT2D eigenvalue weighted by Gasteiger charge is -2.13. The van der Waals surface area contributed by atoms with Crippen LogP contribution < -0.4 is 0 Å². The highest BCUT2D eigenvalue weighted by atomic mass is 127. The van der Waals surface area contributed by atoms with Gasteiger partial charge in [-0.25, -0.2) is 9.78 Å². The number of methoxy groups -OCH3 is 1. The summed E-state index contributed by atoms with van der Waals surface area (Å²) in [6.07, 6.45) is 0. The van der Waals surface area contributed by atoms with Crippen LogP contribution in [0.25, 0.3) is 0 Å². The molecule has 0 saturated carbocycles. The molecule has 0 aliphatic carbocycles. The van der Waals surface area contributed by atoms with Gasteiger partial charge in [0.25, 0.3) is 0 Å². The summed E-state index contributed by atoms with van der Waals surface area (Å²) in [7, 11) is 1.35. The molecule has 0 aliphatic rings. The Morgan fingerprint density at radius 2 is 2.07 bits per heavy atom. The maximum absolute atomic E-state index is 11.3. The number of carbonyl (C=O) groups is 1. The molecule has 0 unspecified atom stereocenters. The van der Waals surface area contributed by atoms with Gasteiger partial charge in [-0.1, -0.05) is 20.8 Å². The summed E-state index contributed by atoms with van der Waals surface area (Å²) in [6.45, 7) is 6.09. The Morgan fingerprint density at radius 3 is 2.43 bits per heavy atom. The molecule has 0 atom stereocenters. The fourth-order valence-electron chi connectivity index (χ4n) is 0.939. The fraction of sp³-hybridized carbons (Fsp3) is 0.556. The molecule has 5 heteroatoms. The van der Waals surface area contributed by atoms with Crippen LogP contribution in [0.4, 0.5) is 0 Å². The van der Waals surface area contributed by atoms with E-state index in [9.17, 15) is 4.79 Å². The zero-order valence-corrected chi connectivity index (χ0v) is 10.8. The van der Waals surface area contributed by atoms with Crippen molar-refractivity contribution >= 4 is 28.6 Å². The largest absolute Gasteiger partial charge is 0.464 e. The van der Waals surface area contributed by atoms with Gasteiger partial charge in [-0.2, -0.15) is 0 Å². The highest BCUT2D eigenvalue weighted by Gasteiger charge is 2.23. The van der Waals surface area contributed by atoms with Crippen LogP contribution in [-0.4, -0.2) is 23.0 Å². The zero-order valence-electron chi connectivity index (χ0n) is 8.64. The second kappa shape index (κ2) is 3.88. The molecule has 0 aromatic carbocycles. The number of esters is 1. The van der Waals surface area contributed by atoms with E-state index < -0.39 is 5.97 Å². The molecular formula is C9H13IN2O2. The SMILES string of the molecule is COC(=O)c1nc(C(C)(C)C)[nH]c1I. The zero-order chi connectivity index (χ0) is 10.9. The molecule has 78 valence electrons. The van der Waals surface area contributed by atoms with Crippen LogP contribution in [0.15, 0.2) is 0 Å². The Balaban J connectivity index is 3.12. The number of ether oxygens (including phenoxy) is 1. The van der Waals surface area contributed by atoms with Crippen molar-refractivity contribution in [3.8, 4) is 0 Å². The van der Waals surface area contributed by atoms with Crippen LogP contribution in [-0.2, 0) is 10.2 Å². The smallest absolute Gasteiger partial charge is 0.359 e. The lowest BCUT2D eigenvalue weighted by molar-refractivity contribution is 0.0593. The summed E-state index contributed by atoms with van der Waals surface area (Å²) in [5.41, 5.74) is 0.268. The lowest BCUT2D eigenvalue weighted by Crippen LogP contribution is -2.13. The van der Waals surface area contributed by atoms with Crippen LogP contribution in [0.2, 0.25) is 0 Å². The first kappa shape index (κ1) is 11.5. The Kier molecular flexibility index (Phi) is 3.18. The molecule has 0 fully saturated rings. The van der Waals surface area contributed by atoms with Crippen molar-refractivity contribution in [3.05, 3.63) is 15.2 Å². The summed E-state index contributed by atoms with van der Waals surface area (Å²) in [4.78, 5) is 18.6. The molecule has 1 aromatic rings. The van der Waals surface area contributed by atoms with Gasteiger partial charge in [-0.05, 0) is 22.6 Å². The molecule has 4 nitrogen and oxygen atoms in total. The van der Waals surface area contributed by atoms with Crippen molar-refractivity contribution in [2.45, 2.75) is 26.2 Å². The van der Waals surface area contributed by atoms with Crippen LogP contribution in [0, 0.1) is 3.70 Å². The Labute approximate surface area is 96.6 Å². The van der Waals surface area contributed by atoms with Crippen molar-refractivity contribution in [1.29, 1.82) is 0 Å². The number of imidazole rings is 1. The number of hydrogen-bond acceptors (Lipinski definition) is 3. The maximum atomic E-state index is 11.3. The molecule has 1 aromatic heterocycles. The Hall–Kier alpha value is -0.590. The van der Waals surface area contributed by atoms with Crippen LogP contribution in [0.1, 0.15) is 37.1 Å². The summed E-state index contributed by atoms with van der Waals surface area (Å²) >= 11 is 2.04. The van der Waals surface area contributed by atoms with Crippen LogP contribution in [0.5, 0.6) is 0 Å². The number of halogens is 1. The maximum Gasteiger partial charge on any atom is 0.359 e. The van der Waals surface area contributed by atoms with Gasteiger partial charge in [-0.15, -0.1) is 0 Å². The third-order valence-electron chi connectivity index (χ3n) is 1.75. The molecule has 1 rings (SSSR count). The molecule has 1 N–H and O–H groups in total. The Bertz CT molecular complexity index is 352. The van der Waals surface area contributed by atoms with Gasteiger partial charge in [-0.3, -0.25) is 0 Å². The van der Waals surface area contributed by atoms with Gasteiger partial charge in [0.2, 0.25) is 0 Å². The summed E-state index contributed by atoms with van der Waals surface area (Å²) < 4.78 is 5.34. The summed E-state index contributed by atoms with van der Waals surface area (Å²) in [5.74, 6) is 0.392. The average molecular weight is 308 g/mol. The van der Waals surface area contributed by atoms with E-state index in [0.29, 0.717) is 5.69 Å². The Morgan fingerprint density at radius 1 is 1.50 bits per heavy atom. The van der Waals surface area contributed by atoms with Crippen molar-refractivity contribution in [2.24, 2.45) is 0 Å². The molecule has 0 bridgehead atoms. The molecule has 0 aliphatic heterocycles. The van der Waals surface area contributed by atoms with Gasteiger partial charge in [0.1, 0.15) is 9.53 Å². The minimum Gasteiger partial charge on any atom is -0.464 e. The predicted octanol–water partition coefficient (Wildman–Crippen LogP) is 2.10. The summed E-state index contributed by atoms with van der Waals surface area (Å²) in [6, 6.07) is 0. The highest BCUT2D eigenvalue weighted by molar-refractivity contribution is 14.1. The molecular weight excluding hydrogens is 295 g/mol. The minimum absolute atomic E-state index is 0.0911. The predicted molar refractivity (Wildman–Crippen MR) is 61.3 cm³/mol. The van der Waals surface area contributed by atoms with E-state index in [1.54, 1.807) is 0 Å². The van der Waals surface area contributed by atoms with E-state index in [1.807, 2.05) is 43.4 Å². The third kappa shape index (κ3) is 2.26. The number of carbonyl (C=O) groups excluding carboxylic acids is 1. The van der Waals surface area contributed by atoms with E-state index in [2.05, 4.69) is 14.7 Å². The van der Waals surface area contributed by atoms with Gasteiger partial charge < -0.3 is 9.72 Å². The van der Waals surface area contributed by atoms with Gasteiger partial charge in [0.15, 0.2) is 5.69 Å². The molecule has 14 heavy (non-hydrogen) atoms. The first-order valence-corrected chi connectivity index (χ1v) is 5.28. The van der Waals surface area contributed by atoms with Crippen LogP contribution >= 0.6 is 22.6 Å². The number of hydrogen-bond donors (Lipinski definition) is 1. The molecule has 1 heterocycles. The van der Waals surface area contributed by atoms with E-state index in [-0.39, 0.29) is 5.41 Å². The fourth-order valence-corrected chi connectivity index (χ4v) is 1.54. The number of aromatic nitrogens is 2. The van der Waals surface area contributed by atoms with E-state index >= 15 is 0 Å². The second-order valence-electron chi connectivity index (χ2n) is 3.99.